The number of benzene rings is 1. The molecule has 0 spiro atoms. The highest BCUT2D eigenvalue weighted by Gasteiger charge is 2.67. The fraction of sp³-hybridized carbons (Fsp3) is 0.481. The molecule has 8 N–H and O–H groups in total. The van der Waals surface area contributed by atoms with Gasteiger partial charge in [0.1, 0.15) is 22.8 Å². The summed E-state index contributed by atoms with van der Waals surface area (Å²) in [6.07, 6.45) is 1.51. The molecule has 12 nitrogen and oxygen atoms in total. The Bertz CT molecular complexity index is 1330. The summed E-state index contributed by atoms with van der Waals surface area (Å²) in [4.78, 5) is 42.7. The Hall–Kier alpha value is -3.45. The lowest BCUT2D eigenvalue weighted by atomic mass is 9.56. The number of hydrogen-bond donors (Lipinski definition) is 7. The van der Waals surface area contributed by atoms with Crippen molar-refractivity contribution >= 4 is 28.9 Å². The van der Waals surface area contributed by atoms with Gasteiger partial charge in [0.05, 0.1) is 29.3 Å². The monoisotopic (exact) mass is 541 g/mol. The number of rotatable bonds is 4. The highest BCUT2D eigenvalue weighted by Crippen LogP contribution is 2.53. The van der Waals surface area contributed by atoms with E-state index in [4.69, 9.17) is 5.73 Å². The number of phenolic OH excluding ortho intramolecular Hbond substituents is 1. The molecule has 5 rings (SSSR count). The molecule has 0 bridgehead atoms. The number of anilines is 1. The first-order chi connectivity index (χ1) is 18.3. The topological polar surface area (TPSA) is 197 Å². The fourth-order valence-corrected chi connectivity index (χ4v) is 6.50. The third-order valence-electron chi connectivity index (χ3n) is 8.54. The zero-order chi connectivity index (χ0) is 28.5. The lowest BCUT2D eigenvalue weighted by Gasteiger charge is -2.52. The summed E-state index contributed by atoms with van der Waals surface area (Å²) < 4.78 is 0. The quantitative estimate of drug-likeness (QED) is 0.191. The van der Waals surface area contributed by atoms with Crippen molar-refractivity contribution in [2.75, 3.05) is 39.5 Å². The summed E-state index contributed by atoms with van der Waals surface area (Å²) in [7, 11) is 4.95. The Labute approximate surface area is 225 Å². The largest absolute Gasteiger partial charge is 0.508 e. The van der Waals surface area contributed by atoms with Crippen molar-refractivity contribution in [1.82, 2.24) is 9.80 Å². The molecular formula is C27H33N4O8. The molecular weight excluding hydrogens is 508 g/mol. The Morgan fingerprint density at radius 1 is 1.15 bits per heavy atom. The van der Waals surface area contributed by atoms with E-state index in [1.165, 1.54) is 25.4 Å². The second kappa shape index (κ2) is 9.33. The molecule has 209 valence electrons. The zero-order valence-corrected chi connectivity index (χ0v) is 21.9. The van der Waals surface area contributed by atoms with Gasteiger partial charge in [-0.2, -0.15) is 0 Å². The minimum absolute atomic E-state index is 0.0728. The van der Waals surface area contributed by atoms with Crippen LogP contribution in [0.15, 0.2) is 29.0 Å². The average molecular weight is 542 g/mol. The van der Waals surface area contributed by atoms with E-state index in [9.17, 15) is 39.9 Å². The molecule has 3 aliphatic carbocycles. The van der Waals surface area contributed by atoms with Crippen molar-refractivity contribution < 1.29 is 39.9 Å². The molecule has 0 aromatic heterocycles. The van der Waals surface area contributed by atoms with Crippen molar-refractivity contribution in [3.05, 3.63) is 46.6 Å². The molecule has 0 unspecified atom stereocenters. The number of primary amides is 1. The molecule has 1 amide bonds. The number of ketones is 2. The van der Waals surface area contributed by atoms with Crippen LogP contribution in [0, 0.1) is 18.3 Å². The molecule has 1 aromatic carbocycles. The van der Waals surface area contributed by atoms with Crippen molar-refractivity contribution in [3.8, 4) is 5.75 Å². The number of aliphatic hydroxyl groups is 4. The normalized spacial score (nSPS) is 31.7. The summed E-state index contributed by atoms with van der Waals surface area (Å²) in [6, 6.07) is 1.97. The fourth-order valence-electron chi connectivity index (χ4n) is 6.50. The van der Waals surface area contributed by atoms with Crippen LogP contribution in [0.1, 0.15) is 24.0 Å². The van der Waals surface area contributed by atoms with Gasteiger partial charge in [-0.15, -0.1) is 0 Å². The zero-order valence-electron chi connectivity index (χ0n) is 21.9. The third-order valence-corrected chi connectivity index (χ3v) is 8.54. The Morgan fingerprint density at radius 2 is 1.79 bits per heavy atom. The number of fused-ring (bicyclic) bond motifs is 3. The van der Waals surface area contributed by atoms with Gasteiger partial charge in [0, 0.05) is 24.0 Å². The van der Waals surface area contributed by atoms with Gasteiger partial charge in [-0.1, -0.05) is 6.07 Å². The minimum atomic E-state index is -2.93. The van der Waals surface area contributed by atoms with Crippen LogP contribution in [-0.2, 0) is 14.4 Å². The predicted octanol–water partition coefficient (Wildman–Crippen LogP) is -0.549. The number of phenols is 1. The Kier molecular flexibility index (Phi) is 6.49. The molecule has 1 aliphatic heterocycles. The first kappa shape index (κ1) is 27.1. The van der Waals surface area contributed by atoms with E-state index >= 15 is 0 Å². The molecule has 39 heavy (non-hydrogen) atoms. The molecule has 1 aromatic rings. The van der Waals surface area contributed by atoms with Crippen molar-refractivity contribution in [1.29, 1.82) is 0 Å². The average Bonchev–Trinajstić information content (AvgIpc) is 2.86. The number of amides is 1. The SMILES string of the molecule is CN1CCC(Nc2ccc3c(c2O)C(O)=C2C(=O)[C@]4(O)C(O)=C(C(N)=O)C(=O)[C@@H](N(C)C)[C@@H]4[C@@H](O)[C@@H]2[CH]3)CC1. The lowest BCUT2D eigenvalue weighted by Crippen LogP contribution is -2.70. The van der Waals surface area contributed by atoms with Gasteiger partial charge >= 0.3 is 0 Å². The van der Waals surface area contributed by atoms with Crippen LogP contribution in [0.4, 0.5) is 5.69 Å². The molecule has 2 fully saturated rings. The summed E-state index contributed by atoms with van der Waals surface area (Å²) in [5.74, 6) is -8.52. The number of hydrogen-bond acceptors (Lipinski definition) is 11. The number of aliphatic hydroxyl groups excluding tert-OH is 3. The number of likely N-dealkylation sites (tertiary alicyclic amines) is 1. The first-order valence-electron chi connectivity index (χ1n) is 12.8. The molecule has 5 atom stereocenters. The van der Waals surface area contributed by atoms with Gasteiger partial charge in [-0.3, -0.25) is 19.3 Å². The highest BCUT2D eigenvalue weighted by atomic mass is 16.4. The van der Waals surface area contributed by atoms with Gasteiger partial charge in [0.25, 0.3) is 5.91 Å². The highest BCUT2D eigenvalue weighted by molar-refractivity contribution is 6.24. The van der Waals surface area contributed by atoms with Gasteiger partial charge in [0.2, 0.25) is 5.78 Å². The number of carbonyl (C=O) groups is 3. The summed E-state index contributed by atoms with van der Waals surface area (Å²) in [6.45, 7) is 1.75. The van der Waals surface area contributed by atoms with E-state index < -0.39 is 69.7 Å². The lowest BCUT2D eigenvalue weighted by molar-refractivity contribution is -0.167. The predicted molar refractivity (Wildman–Crippen MR) is 139 cm³/mol. The molecule has 1 radical (unpaired) electrons. The number of Topliss-reactive ketones (excluding diaryl/α,β-unsaturated/α-hetero) is 2. The minimum Gasteiger partial charge on any atom is -0.508 e. The van der Waals surface area contributed by atoms with Crippen molar-refractivity contribution in [2.45, 2.75) is 36.6 Å². The second-order valence-electron chi connectivity index (χ2n) is 11.1. The van der Waals surface area contributed by atoms with Crippen LogP contribution in [0.2, 0.25) is 0 Å². The van der Waals surface area contributed by atoms with Crippen LogP contribution >= 0.6 is 0 Å². The standard InChI is InChI=1S/C27H33N4O8/c1-30(2)19-18-20(32)13-10-11-4-5-14(29-12-6-8-31(3)9-7-12)21(33)15(11)22(34)16(13)24(36)27(18,39)25(37)17(23(19)35)26(28)38/h4-5,10,12-13,18-20,29,32-34,37,39H,6-9H2,1-3H3,(H2,28,38)/t13-,18-,19+,20+,27+/m1/s1. The third kappa shape index (κ3) is 3.85. The maximum Gasteiger partial charge on any atom is 0.255 e. The van der Waals surface area contributed by atoms with E-state index in [0.717, 1.165) is 25.9 Å². The molecule has 1 heterocycles. The van der Waals surface area contributed by atoms with Crippen LogP contribution in [0.3, 0.4) is 0 Å². The van der Waals surface area contributed by atoms with Crippen molar-refractivity contribution in [3.63, 3.8) is 0 Å². The van der Waals surface area contributed by atoms with Crippen molar-refractivity contribution in [2.24, 2.45) is 17.6 Å². The van der Waals surface area contributed by atoms with E-state index in [0.29, 0.717) is 11.3 Å². The number of aromatic hydroxyl groups is 1. The van der Waals surface area contributed by atoms with Crippen LogP contribution in [-0.4, -0.2) is 111 Å². The summed E-state index contributed by atoms with van der Waals surface area (Å²) >= 11 is 0. The molecule has 4 aliphatic rings. The molecule has 1 saturated heterocycles. The van der Waals surface area contributed by atoms with Gasteiger partial charge in [-0.25, -0.2) is 0 Å². The Balaban J connectivity index is 1.63. The van der Waals surface area contributed by atoms with Crippen LogP contribution in [0.5, 0.6) is 5.75 Å². The number of carbonyl (C=O) groups excluding carboxylic acids is 3. The van der Waals surface area contributed by atoms with Crippen LogP contribution in [0.25, 0.3) is 5.76 Å². The van der Waals surface area contributed by atoms with Gasteiger partial charge < -0.3 is 41.5 Å². The number of likely N-dealkylation sites (N-methyl/N-ethyl adjacent to an activating group) is 1. The summed E-state index contributed by atoms with van der Waals surface area (Å²) in [5, 5.41) is 59.8. The summed E-state index contributed by atoms with van der Waals surface area (Å²) in [5.41, 5.74) is 1.60. The number of nitrogens with one attached hydrogen (secondary N) is 1. The van der Waals surface area contributed by atoms with E-state index in [1.54, 1.807) is 12.1 Å². The maximum absolute atomic E-state index is 13.9. The first-order valence-corrected chi connectivity index (χ1v) is 12.8. The van der Waals surface area contributed by atoms with E-state index in [-0.39, 0.29) is 17.4 Å². The number of nitrogens with two attached hydrogens (primary N) is 1. The number of nitrogens with zero attached hydrogens (tertiary/aromatic N) is 2. The molecule has 1 saturated carbocycles. The molecule has 12 heteroatoms. The van der Waals surface area contributed by atoms with Gasteiger partial charge in [-0.05, 0) is 58.7 Å². The Morgan fingerprint density at radius 3 is 2.38 bits per heavy atom. The smallest absolute Gasteiger partial charge is 0.255 e. The van der Waals surface area contributed by atoms with E-state index in [2.05, 4.69) is 10.2 Å². The second-order valence-corrected chi connectivity index (χ2v) is 11.1. The van der Waals surface area contributed by atoms with Gasteiger partial charge in [0.15, 0.2) is 11.4 Å². The maximum atomic E-state index is 13.9. The van der Waals surface area contributed by atoms with E-state index in [1.807, 2.05) is 7.05 Å². The van der Waals surface area contributed by atoms with Crippen LogP contribution < -0.4 is 11.1 Å². The number of piperidine rings is 1.